The summed E-state index contributed by atoms with van der Waals surface area (Å²) < 4.78 is 0. The zero-order valence-electron chi connectivity index (χ0n) is 11.8. The highest BCUT2D eigenvalue weighted by Crippen LogP contribution is 2.06. The van der Waals surface area contributed by atoms with Gasteiger partial charge in [0.05, 0.1) is 6.42 Å². The number of benzene rings is 1. The summed E-state index contributed by atoms with van der Waals surface area (Å²) >= 11 is 1.72. The van der Waals surface area contributed by atoms with Gasteiger partial charge in [0.25, 0.3) is 0 Å². The molecule has 1 aromatic rings. The molecular formula is C14H21N3O2S. The van der Waals surface area contributed by atoms with Crippen LogP contribution in [0.4, 0.5) is 0 Å². The fourth-order valence-electron chi connectivity index (χ4n) is 1.78. The lowest BCUT2D eigenvalue weighted by molar-refractivity contribution is -0.121. The van der Waals surface area contributed by atoms with Crippen molar-refractivity contribution in [2.24, 2.45) is 10.9 Å². The van der Waals surface area contributed by atoms with Gasteiger partial charge in [0, 0.05) is 17.4 Å². The molecule has 20 heavy (non-hydrogen) atoms. The van der Waals surface area contributed by atoms with E-state index in [0.717, 1.165) is 17.7 Å². The van der Waals surface area contributed by atoms with Gasteiger partial charge in [-0.05, 0) is 18.2 Å². The van der Waals surface area contributed by atoms with Gasteiger partial charge >= 0.3 is 0 Å². The number of nitrogens with one attached hydrogen (secondary N) is 1. The van der Waals surface area contributed by atoms with Gasteiger partial charge in [-0.3, -0.25) is 4.79 Å². The lowest BCUT2D eigenvalue weighted by Gasteiger charge is -2.15. The summed E-state index contributed by atoms with van der Waals surface area (Å²) in [5, 5.41) is 14.5. The maximum absolute atomic E-state index is 11.9. The maximum atomic E-state index is 11.9. The normalized spacial score (nSPS) is 13.0. The number of hydrogen-bond donors (Lipinski definition) is 3. The molecule has 0 aliphatic heterocycles. The van der Waals surface area contributed by atoms with Crippen LogP contribution in [0, 0.1) is 0 Å². The summed E-state index contributed by atoms with van der Waals surface area (Å²) in [6.07, 6.45) is 3.29. The monoisotopic (exact) mass is 295 g/mol. The molecule has 1 amide bonds. The zero-order valence-corrected chi connectivity index (χ0v) is 12.6. The maximum Gasteiger partial charge on any atom is 0.224 e. The number of carbonyl (C=O) groups excluding carboxylic acids is 1. The standard InChI is InChI=1S/C14H21N3O2S/c1-3-12(9-20-2)16-13(18)8-10-4-6-11(7-5-10)14(15)17-19/h4-7,12,19H,3,8-9H2,1-2H3,(H2,15,17)(H,16,18). The average molecular weight is 295 g/mol. The van der Waals surface area contributed by atoms with Gasteiger partial charge in [-0.15, -0.1) is 0 Å². The highest BCUT2D eigenvalue weighted by molar-refractivity contribution is 7.98. The van der Waals surface area contributed by atoms with Gasteiger partial charge in [0.1, 0.15) is 0 Å². The highest BCUT2D eigenvalue weighted by Gasteiger charge is 2.10. The molecule has 0 saturated carbocycles. The molecule has 4 N–H and O–H groups in total. The summed E-state index contributed by atoms with van der Waals surface area (Å²) in [4.78, 5) is 11.9. The molecule has 0 saturated heterocycles. The Labute approximate surface area is 123 Å². The van der Waals surface area contributed by atoms with Gasteiger partial charge in [-0.1, -0.05) is 36.3 Å². The lowest BCUT2D eigenvalue weighted by atomic mass is 10.1. The van der Waals surface area contributed by atoms with Crippen molar-refractivity contribution in [1.29, 1.82) is 0 Å². The molecule has 6 heteroatoms. The van der Waals surface area contributed by atoms with Crippen LogP contribution < -0.4 is 11.1 Å². The van der Waals surface area contributed by atoms with E-state index in [1.807, 2.05) is 18.4 Å². The Morgan fingerprint density at radius 3 is 2.60 bits per heavy atom. The number of nitrogens with two attached hydrogens (primary N) is 1. The van der Waals surface area contributed by atoms with Crippen LogP contribution in [-0.2, 0) is 11.2 Å². The Balaban J connectivity index is 2.58. The minimum Gasteiger partial charge on any atom is -0.409 e. The van der Waals surface area contributed by atoms with E-state index in [1.54, 1.807) is 23.9 Å². The third kappa shape index (κ3) is 5.13. The molecule has 0 bridgehead atoms. The number of thioether (sulfide) groups is 1. The van der Waals surface area contributed by atoms with E-state index in [9.17, 15) is 4.79 Å². The van der Waals surface area contributed by atoms with Crippen LogP contribution in [0.5, 0.6) is 0 Å². The third-order valence-electron chi connectivity index (χ3n) is 2.95. The molecular weight excluding hydrogens is 274 g/mol. The number of oxime groups is 1. The van der Waals surface area contributed by atoms with E-state index < -0.39 is 0 Å². The van der Waals surface area contributed by atoms with Crippen molar-refractivity contribution in [3.05, 3.63) is 35.4 Å². The predicted octanol–water partition coefficient (Wildman–Crippen LogP) is 1.58. The van der Waals surface area contributed by atoms with E-state index in [1.165, 1.54) is 0 Å². The Hall–Kier alpha value is -1.69. The first-order valence-corrected chi connectivity index (χ1v) is 7.85. The minimum atomic E-state index is 0.0162. The summed E-state index contributed by atoms with van der Waals surface area (Å²) in [7, 11) is 0. The quantitative estimate of drug-likeness (QED) is 0.308. The Kier molecular flexibility index (Phi) is 6.93. The van der Waals surface area contributed by atoms with Gasteiger partial charge in [-0.2, -0.15) is 11.8 Å². The van der Waals surface area contributed by atoms with E-state index in [2.05, 4.69) is 17.4 Å². The zero-order chi connectivity index (χ0) is 15.0. The van der Waals surface area contributed by atoms with Crippen molar-refractivity contribution in [2.75, 3.05) is 12.0 Å². The Morgan fingerprint density at radius 2 is 2.10 bits per heavy atom. The van der Waals surface area contributed by atoms with E-state index >= 15 is 0 Å². The van der Waals surface area contributed by atoms with Crippen LogP contribution in [0.2, 0.25) is 0 Å². The van der Waals surface area contributed by atoms with Crippen LogP contribution in [0.25, 0.3) is 0 Å². The van der Waals surface area contributed by atoms with Crippen LogP contribution in [0.3, 0.4) is 0 Å². The molecule has 0 radical (unpaired) electrons. The topological polar surface area (TPSA) is 87.7 Å². The SMILES string of the molecule is CCC(CSC)NC(=O)Cc1ccc(/C(N)=N/O)cc1. The molecule has 0 aromatic heterocycles. The first kappa shape index (κ1) is 16.4. The fraction of sp³-hybridized carbons (Fsp3) is 0.429. The van der Waals surface area contributed by atoms with Crippen LogP contribution in [-0.4, -0.2) is 35.0 Å². The number of amides is 1. The molecule has 1 rings (SSSR count). The fourth-order valence-corrected chi connectivity index (χ4v) is 2.50. The molecule has 110 valence electrons. The molecule has 0 fully saturated rings. The van der Waals surface area contributed by atoms with Gasteiger partial charge in [0.2, 0.25) is 5.91 Å². The summed E-state index contributed by atoms with van der Waals surface area (Å²) in [6, 6.07) is 7.30. The third-order valence-corrected chi connectivity index (χ3v) is 3.68. The predicted molar refractivity (Wildman–Crippen MR) is 83.3 cm³/mol. The second-order valence-electron chi connectivity index (χ2n) is 4.49. The number of hydrogen-bond acceptors (Lipinski definition) is 4. The van der Waals surface area contributed by atoms with E-state index in [-0.39, 0.29) is 17.8 Å². The smallest absolute Gasteiger partial charge is 0.224 e. The Morgan fingerprint density at radius 1 is 1.45 bits per heavy atom. The molecule has 0 aliphatic rings. The van der Waals surface area contributed by atoms with E-state index in [4.69, 9.17) is 10.9 Å². The molecule has 5 nitrogen and oxygen atoms in total. The first-order chi connectivity index (χ1) is 9.60. The Bertz CT molecular complexity index is 460. The first-order valence-electron chi connectivity index (χ1n) is 6.45. The largest absolute Gasteiger partial charge is 0.409 e. The summed E-state index contributed by atoms with van der Waals surface area (Å²) in [5.74, 6) is 1.000. The highest BCUT2D eigenvalue weighted by atomic mass is 32.2. The second-order valence-corrected chi connectivity index (χ2v) is 5.40. The van der Waals surface area contributed by atoms with Crippen molar-refractivity contribution < 1.29 is 10.0 Å². The molecule has 0 spiro atoms. The van der Waals surface area contributed by atoms with Crippen molar-refractivity contribution in [3.8, 4) is 0 Å². The van der Waals surface area contributed by atoms with Crippen LogP contribution >= 0.6 is 11.8 Å². The number of carbonyl (C=O) groups is 1. The summed E-state index contributed by atoms with van der Waals surface area (Å²) in [6.45, 7) is 2.06. The van der Waals surface area contributed by atoms with Crippen LogP contribution in [0.1, 0.15) is 24.5 Å². The van der Waals surface area contributed by atoms with Crippen molar-refractivity contribution in [1.82, 2.24) is 5.32 Å². The molecule has 1 unspecified atom stereocenters. The van der Waals surface area contributed by atoms with Crippen molar-refractivity contribution >= 4 is 23.5 Å². The lowest BCUT2D eigenvalue weighted by Crippen LogP contribution is -2.37. The van der Waals surface area contributed by atoms with Crippen molar-refractivity contribution in [3.63, 3.8) is 0 Å². The summed E-state index contributed by atoms with van der Waals surface area (Å²) in [5.41, 5.74) is 7.01. The van der Waals surface area contributed by atoms with Gasteiger partial charge < -0.3 is 16.3 Å². The minimum absolute atomic E-state index is 0.0162. The number of rotatable bonds is 7. The van der Waals surface area contributed by atoms with E-state index in [0.29, 0.717) is 12.0 Å². The molecule has 1 aromatic carbocycles. The van der Waals surface area contributed by atoms with Gasteiger partial charge in [0.15, 0.2) is 5.84 Å². The molecule has 0 heterocycles. The number of nitrogens with zero attached hydrogens (tertiary/aromatic N) is 1. The van der Waals surface area contributed by atoms with Crippen molar-refractivity contribution in [2.45, 2.75) is 25.8 Å². The average Bonchev–Trinajstić information content (AvgIpc) is 2.46. The molecule has 1 atom stereocenters. The van der Waals surface area contributed by atoms with Gasteiger partial charge in [-0.25, -0.2) is 0 Å². The molecule has 0 aliphatic carbocycles. The van der Waals surface area contributed by atoms with Crippen LogP contribution in [0.15, 0.2) is 29.4 Å². The number of amidine groups is 1. The second kappa shape index (κ2) is 8.47.